The molecule has 0 aliphatic carbocycles. The fourth-order valence-corrected chi connectivity index (χ4v) is 2.98. The van der Waals surface area contributed by atoms with Crippen molar-refractivity contribution in [3.8, 4) is 0 Å². The van der Waals surface area contributed by atoms with E-state index in [1.165, 1.54) is 17.0 Å². The van der Waals surface area contributed by atoms with Crippen molar-refractivity contribution in [2.45, 2.75) is 31.8 Å². The lowest BCUT2D eigenvalue weighted by Gasteiger charge is -2.24. The van der Waals surface area contributed by atoms with Crippen LogP contribution in [0.3, 0.4) is 0 Å². The van der Waals surface area contributed by atoms with E-state index in [-0.39, 0.29) is 24.0 Å². The van der Waals surface area contributed by atoms with Crippen LogP contribution >= 0.6 is 0 Å². The van der Waals surface area contributed by atoms with Gasteiger partial charge < -0.3 is 10.2 Å². The normalized spacial score (nSPS) is 21.7. The molecule has 2 heterocycles. The van der Waals surface area contributed by atoms with E-state index in [9.17, 15) is 19.7 Å². The fourth-order valence-electron chi connectivity index (χ4n) is 2.98. The van der Waals surface area contributed by atoms with Gasteiger partial charge in [0.1, 0.15) is 6.04 Å². The van der Waals surface area contributed by atoms with Gasteiger partial charge in [-0.15, -0.1) is 0 Å². The maximum absolute atomic E-state index is 12.5. The lowest BCUT2D eigenvalue weighted by atomic mass is 10.1. The summed E-state index contributed by atoms with van der Waals surface area (Å²) in [4.78, 5) is 36.6. The van der Waals surface area contributed by atoms with Crippen LogP contribution in [0.1, 0.15) is 35.2 Å². The summed E-state index contributed by atoms with van der Waals surface area (Å²) in [5.41, 5.74) is 0.683. The molecule has 0 spiro atoms. The van der Waals surface area contributed by atoms with E-state index in [2.05, 4.69) is 5.32 Å². The lowest BCUT2D eigenvalue weighted by molar-refractivity contribution is -0.385. The highest BCUT2D eigenvalue weighted by Crippen LogP contribution is 2.32. The topological polar surface area (TPSA) is 92.6 Å². The van der Waals surface area contributed by atoms with E-state index in [4.69, 9.17) is 0 Å². The Morgan fingerprint density at radius 3 is 2.86 bits per heavy atom. The zero-order valence-corrected chi connectivity index (χ0v) is 11.4. The number of hydrogen-bond donors (Lipinski definition) is 1. The number of nitrogens with one attached hydrogen (secondary N) is 1. The highest BCUT2D eigenvalue weighted by molar-refractivity contribution is 6.02. The average Bonchev–Trinajstić information content (AvgIpc) is 2.65. The molecular weight excluding hydrogens is 274 g/mol. The molecule has 110 valence electrons. The van der Waals surface area contributed by atoms with Crippen LogP contribution in [0.25, 0.3) is 0 Å². The van der Waals surface area contributed by atoms with Crippen LogP contribution in [0, 0.1) is 10.1 Å². The maximum Gasteiger partial charge on any atom is 0.275 e. The standard InChI is InChI=1S/C14H15N3O4/c18-13-12(5-1-2-7-15-13)16-8-10-9(14(16)19)4-3-6-11(10)17(20)21/h3-4,6,12H,1-2,5,7-8H2,(H,15,18)/t12-/m0/s1. The summed E-state index contributed by atoms with van der Waals surface area (Å²) in [5.74, 6) is -0.466. The molecule has 1 atom stereocenters. The zero-order chi connectivity index (χ0) is 15.0. The van der Waals surface area contributed by atoms with Gasteiger partial charge in [0.2, 0.25) is 5.91 Å². The van der Waals surface area contributed by atoms with E-state index >= 15 is 0 Å². The Balaban J connectivity index is 1.94. The second-order valence-electron chi connectivity index (χ2n) is 5.30. The predicted octanol–water partition coefficient (Wildman–Crippen LogP) is 1.22. The van der Waals surface area contributed by atoms with Gasteiger partial charge in [-0.3, -0.25) is 19.7 Å². The summed E-state index contributed by atoms with van der Waals surface area (Å²) in [7, 11) is 0. The Labute approximate surface area is 121 Å². The van der Waals surface area contributed by atoms with Crippen LogP contribution < -0.4 is 5.32 Å². The van der Waals surface area contributed by atoms with Gasteiger partial charge in [0.05, 0.1) is 22.6 Å². The fraction of sp³-hybridized carbons (Fsp3) is 0.429. The van der Waals surface area contributed by atoms with Gasteiger partial charge in [0.25, 0.3) is 11.6 Å². The van der Waals surface area contributed by atoms with Gasteiger partial charge in [0, 0.05) is 12.6 Å². The van der Waals surface area contributed by atoms with Crippen molar-refractivity contribution in [2.24, 2.45) is 0 Å². The Hall–Kier alpha value is -2.44. The SMILES string of the molecule is O=C1NCCCC[C@@H]1N1Cc2c(cccc2[N+](=O)[O-])C1=O. The van der Waals surface area contributed by atoms with Crippen molar-refractivity contribution in [1.29, 1.82) is 0 Å². The molecule has 3 rings (SSSR count). The lowest BCUT2D eigenvalue weighted by Crippen LogP contribution is -2.45. The maximum atomic E-state index is 12.5. The molecule has 21 heavy (non-hydrogen) atoms. The zero-order valence-electron chi connectivity index (χ0n) is 11.4. The molecular formula is C14H15N3O4. The summed E-state index contributed by atoms with van der Waals surface area (Å²) in [6.45, 7) is 0.744. The molecule has 2 aliphatic heterocycles. The summed E-state index contributed by atoms with van der Waals surface area (Å²) >= 11 is 0. The van der Waals surface area contributed by atoms with Crippen LogP contribution in [0.5, 0.6) is 0 Å². The quantitative estimate of drug-likeness (QED) is 0.654. The number of nitro benzene ring substituents is 1. The molecule has 0 aromatic heterocycles. The van der Waals surface area contributed by atoms with Crippen LogP contribution in [-0.4, -0.2) is 34.2 Å². The number of nitrogens with zero attached hydrogens (tertiary/aromatic N) is 2. The van der Waals surface area contributed by atoms with E-state index in [1.54, 1.807) is 6.07 Å². The van der Waals surface area contributed by atoms with Gasteiger partial charge in [-0.05, 0) is 25.3 Å². The van der Waals surface area contributed by atoms with Crippen molar-refractivity contribution >= 4 is 17.5 Å². The van der Waals surface area contributed by atoms with Gasteiger partial charge in [-0.1, -0.05) is 6.07 Å². The number of rotatable bonds is 2. The Kier molecular flexibility index (Phi) is 3.32. The van der Waals surface area contributed by atoms with Crippen LogP contribution in [0.2, 0.25) is 0 Å². The van der Waals surface area contributed by atoms with Gasteiger partial charge in [0.15, 0.2) is 0 Å². The first-order chi connectivity index (χ1) is 10.1. The molecule has 2 aliphatic rings. The van der Waals surface area contributed by atoms with Crippen molar-refractivity contribution in [3.05, 3.63) is 39.4 Å². The number of hydrogen-bond acceptors (Lipinski definition) is 4. The van der Waals surface area contributed by atoms with E-state index in [0.717, 1.165) is 12.8 Å². The average molecular weight is 289 g/mol. The van der Waals surface area contributed by atoms with Crippen molar-refractivity contribution in [2.75, 3.05) is 6.54 Å². The molecule has 0 unspecified atom stereocenters. The molecule has 1 saturated heterocycles. The first kappa shape index (κ1) is 13.5. The summed E-state index contributed by atoms with van der Waals surface area (Å²) in [5, 5.41) is 13.9. The van der Waals surface area contributed by atoms with Gasteiger partial charge in [-0.25, -0.2) is 0 Å². The largest absolute Gasteiger partial charge is 0.354 e. The molecule has 0 radical (unpaired) electrons. The third kappa shape index (κ3) is 2.24. The van der Waals surface area contributed by atoms with Crippen molar-refractivity contribution in [1.82, 2.24) is 10.2 Å². The minimum Gasteiger partial charge on any atom is -0.354 e. The van der Waals surface area contributed by atoms with Crippen LogP contribution in [0.15, 0.2) is 18.2 Å². The van der Waals surface area contributed by atoms with Crippen LogP contribution in [-0.2, 0) is 11.3 Å². The van der Waals surface area contributed by atoms with Crippen LogP contribution in [0.4, 0.5) is 5.69 Å². The summed E-state index contributed by atoms with van der Waals surface area (Å²) in [6, 6.07) is 3.94. The minimum absolute atomic E-state index is 0.0580. The first-order valence-electron chi connectivity index (χ1n) is 6.94. The summed E-state index contributed by atoms with van der Waals surface area (Å²) in [6.07, 6.45) is 2.34. The highest BCUT2D eigenvalue weighted by atomic mass is 16.6. The minimum atomic E-state index is -0.535. The third-order valence-electron chi connectivity index (χ3n) is 4.05. The molecule has 7 heteroatoms. The first-order valence-corrected chi connectivity index (χ1v) is 6.94. The molecule has 1 fully saturated rings. The van der Waals surface area contributed by atoms with E-state index in [1.807, 2.05) is 0 Å². The smallest absolute Gasteiger partial charge is 0.275 e. The molecule has 0 bridgehead atoms. The number of amides is 2. The Morgan fingerprint density at radius 2 is 2.10 bits per heavy atom. The van der Waals surface area contributed by atoms with Gasteiger partial charge >= 0.3 is 0 Å². The molecule has 2 amide bonds. The second kappa shape index (κ2) is 5.16. The molecule has 7 nitrogen and oxygen atoms in total. The number of nitro groups is 1. The van der Waals surface area contributed by atoms with Gasteiger partial charge in [-0.2, -0.15) is 0 Å². The number of carbonyl (C=O) groups is 2. The number of fused-ring (bicyclic) bond motifs is 1. The Bertz CT molecular complexity index is 629. The molecule has 1 aromatic rings. The molecule has 1 aromatic carbocycles. The summed E-state index contributed by atoms with van der Waals surface area (Å²) < 4.78 is 0. The predicted molar refractivity (Wildman–Crippen MR) is 73.6 cm³/mol. The Morgan fingerprint density at radius 1 is 1.29 bits per heavy atom. The highest BCUT2D eigenvalue weighted by Gasteiger charge is 2.39. The van der Waals surface area contributed by atoms with Crippen molar-refractivity contribution in [3.63, 3.8) is 0 Å². The van der Waals surface area contributed by atoms with E-state index < -0.39 is 11.0 Å². The third-order valence-corrected chi connectivity index (χ3v) is 4.05. The monoisotopic (exact) mass is 289 g/mol. The molecule has 1 N–H and O–H groups in total. The number of benzene rings is 1. The molecule has 0 saturated carbocycles. The van der Waals surface area contributed by atoms with Crippen molar-refractivity contribution < 1.29 is 14.5 Å². The van der Waals surface area contributed by atoms with E-state index in [0.29, 0.717) is 24.1 Å². The second-order valence-corrected chi connectivity index (χ2v) is 5.30. The number of carbonyl (C=O) groups excluding carboxylic acids is 2.